The van der Waals surface area contributed by atoms with Gasteiger partial charge in [-0.15, -0.1) is 0 Å². The molecule has 1 unspecified atom stereocenters. The Hall–Kier alpha value is -1.35. The summed E-state index contributed by atoms with van der Waals surface area (Å²) >= 11 is 0. The van der Waals surface area contributed by atoms with Crippen LogP contribution in [0.2, 0.25) is 0 Å². The van der Waals surface area contributed by atoms with Gasteiger partial charge in [-0.05, 0) is 30.9 Å². The SMILES string of the molecule is CC(C)c1ccc(C(C)NC(=O)[C@@H](C)N)cc1. The molecule has 0 aromatic heterocycles. The van der Waals surface area contributed by atoms with E-state index in [-0.39, 0.29) is 11.9 Å². The average Bonchev–Trinajstić information content (AvgIpc) is 2.28. The lowest BCUT2D eigenvalue weighted by atomic mass is 9.99. The van der Waals surface area contributed by atoms with E-state index in [2.05, 4.69) is 43.4 Å². The molecule has 3 nitrogen and oxygen atoms in total. The molecular weight excluding hydrogens is 212 g/mol. The van der Waals surface area contributed by atoms with Crippen LogP contribution in [0.15, 0.2) is 24.3 Å². The molecule has 1 aromatic carbocycles. The van der Waals surface area contributed by atoms with Gasteiger partial charge in [-0.3, -0.25) is 4.79 Å². The molecule has 0 saturated carbocycles. The van der Waals surface area contributed by atoms with Gasteiger partial charge in [-0.25, -0.2) is 0 Å². The zero-order chi connectivity index (χ0) is 13.0. The maximum atomic E-state index is 11.5. The van der Waals surface area contributed by atoms with Crippen molar-refractivity contribution in [3.8, 4) is 0 Å². The molecule has 1 aromatic rings. The lowest BCUT2D eigenvalue weighted by molar-refractivity contribution is -0.122. The second-order valence-electron chi connectivity index (χ2n) is 4.84. The van der Waals surface area contributed by atoms with Crippen molar-refractivity contribution in [3.05, 3.63) is 35.4 Å². The van der Waals surface area contributed by atoms with Crippen LogP contribution in [0.3, 0.4) is 0 Å². The predicted octanol–water partition coefficient (Wildman–Crippen LogP) is 2.33. The molecule has 0 radical (unpaired) electrons. The highest BCUT2D eigenvalue weighted by atomic mass is 16.2. The molecule has 0 fully saturated rings. The number of hydrogen-bond acceptors (Lipinski definition) is 2. The van der Waals surface area contributed by atoms with Crippen molar-refractivity contribution in [2.75, 3.05) is 0 Å². The molecule has 3 N–H and O–H groups in total. The van der Waals surface area contributed by atoms with Gasteiger partial charge in [0.2, 0.25) is 5.91 Å². The molecule has 0 aliphatic carbocycles. The van der Waals surface area contributed by atoms with Crippen molar-refractivity contribution < 1.29 is 4.79 Å². The van der Waals surface area contributed by atoms with Gasteiger partial charge >= 0.3 is 0 Å². The zero-order valence-corrected chi connectivity index (χ0v) is 11.0. The fourth-order valence-electron chi connectivity index (χ4n) is 1.60. The molecule has 1 rings (SSSR count). The van der Waals surface area contributed by atoms with Gasteiger partial charge in [0.15, 0.2) is 0 Å². The van der Waals surface area contributed by atoms with Gasteiger partial charge in [0, 0.05) is 0 Å². The molecule has 3 heteroatoms. The Morgan fingerprint density at radius 1 is 1.06 bits per heavy atom. The molecule has 1 amide bonds. The molecule has 0 saturated heterocycles. The van der Waals surface area contributed by atoms with Crippen LogP contribution in [0, 0.1) is 0 Å². The van der Waals surface area contributed by atoms with Crippen molar-refractivity contribution in [1.29, 1.82) is 0 Å². The first-order valence-electron chi connectivity index (χ1n) is 6.07. The van der Waals surface area contributed by atoms with Crippen LogP contribution in [-0.4, -0.2) is 11.9 Å². The molecule has 0 aliphatic heterocycles. The first kappa shape index (κ1) is 13.7. The highest BCUT2D eigenvalue weighted by Gasteiger charge is 2.12. The Morgan fingerprint density at radius 3 is 1.94 bits per heavy atom. The number of benzene rings is 1. The van der Waals surface area contributed by atoms with E-state index in [4.69, 9.17) is 5.73 Å². The Balaban J connectivity index is 2.70. The summed E-state index contributed by atoms with van der Waals surface area (Å²) < 4.78 is 0. The van der Waals surface area contributed by atoms with E-state index < -0.39 is 6.04 Å². The Morgan fingerprint density at radius 2 is 1.53 bits per heavy atom. The molecular formula is C14H22N2O. The van der Waals surface area contributed by atoms with E-state index in [0.717, 1.165) is 5.56 Å². The smallest absolute Gasteiger partial charge is 0.237 e. The van der Waals surface area contributed by atoms with Crippen LogP contribution < -0.4 is 11.1 Å². The Labute approximate surface area is 103 Å². The van der Waals surface area contributed by atoms with Gasteiger partial charge in [-0.2, -0.15) is 0 Å². The first-order chi connectivity index (χ1) is 7.91. The van der Waals surface area contributed by atoms with Crippen molar-refractivity contribution in [2.45, 2.75) is 45.7 Å². The van der Waals surface area contributed by atoms with Crippen molar-refractivity contribution in [3.63, 3.8) is 0 Å². The van der Waals surface area contributed by atoms with Gasteiger partial charge < -0.3 is 11.1 Å². The van der Waals surface area contributed by atoms with Crippen LogP contribution in [0.25, 0.3) is 0 Å². The van der Waals surface area contributed by atoms with Gasteiger partial charge in [0.05, 0.1) is 12.1 Å². The fourth-order valence-corrected chi connectivity index (χ4v) is 1.60. The number of rotatable bonds is 4. The normalized spacial score (nSPS) is 14.5. The van der Waals surface area contributed by atoms with Gasteiger partial charge in [-0.1, -0.05) is 38.1 Å². The van der Waals surface area contributed by atoms with E-state index >= 15 is 0 Å². The number of nitrogens with two attached hydrogens (primary N) is 1. The number of carbonyl (C=O) groups is 1. The standard InChI is InChI=1S/C14H22N2O/c1-9(2)12-5-7-13(8-6-12)11(4)16-14(17)10(3)15/h5-11H,15H2,1-4H3,(H,16,17)/t10-,11?/m1/s1. The monoisotopic (exact) mass is 234 g/mol. The quantitative estimate of drug-likeness (QED) is 0.840. The maximum absolute atomic E-state index is 11.5. The molecule has 0 bridgehead atoms. The molecule has 0 aliphatic rings. The van der Waals surface area contributed by atoms with E-state index in [1.807, 2.05) is 6.92 Å². The third-order valence-electron chi connectivity index (χ3n) is 2.88. The first-order valence-corrected chi connectivity index (χ1v) is 6.07. The molecule has 2 atom stereocenters. The summed E-state index contributed by atoms with van der Waals surface area (Å²) in [6.07, 6.45) is 0. The summed E-state index contributed by atoms with van der Waals surface area (Å²) in [5, 5.41) is 2.88. The third-order valence-corrected chi connectivity index (χ3v) is 2.88. The highest BCUT2D eigenvalue weighted by molar-refractivity contribution is 5.81. The molecule has 0 heterocycles. The number of amides is 1. The number of hydrogen-bond donors (Lipinski definition) is 2. The molecule has 17 heavy (non-hydrogen) atoms. The minimum absolute atomic E-state index is 0.00490. The zero-order valence-electron chi connectivity index (χ0n) is 11.0. The Kier molecular flexibility index (Phi) is 4.70. The topological polar surface area (TPSA) is 55.1 Å². The number of nitrogens with one attached hydrogen (secondary N) is 1. The van der Waals surface area contributed by atoms with E-state index in [1.165, 1.54) is 5.56 Å². The summed E-state index contributed by atoms with van der Waals surface area (Å²) in [6.45, 7) is 7.97. The third kappa shape index (κ3) is 3.86. The maximum Gasteiger partial charge on any atom is 0.237 e. The van der Waals surface area contributed by atoms with Crippen LogP contribution in [0.1, 0.15) is 50.8 Å². The Bertz CT molecular complexity index is 368. The molecule has 94 valence electrons. The van der Waals surface area contributed by atoms with Crippen LogP contribution in [0.5, 0.6) is 0 Å². The average molecular weight is 234 g/mol. The minimum Gasteiger partial charge on any atom is -0.348 e. The fraction of sp³-hybridized carbons (Fsp3) is 0.500. The summed E-state index contributed by atoms with van der Waals surface area (Å²) in [5.41, 5.74) is 7.92. The number of carbonyl (C=O) groups excluding carboxylic acids is 1. The van der Waals surface area contributed by atoms with Crippen molar-refractivity contribution >= 4 is 5.91 Å². The van der Waals surface area contributed by atoms with Crippen LogP contribution in [-0.2, 0) is 4.79 Å². The van der Waals surface area contributed by atoms with Crippen molar-refractivity contribution in [1.82, 2.24) is 5.32 Å². The van der Waals surface area contributed by atoms with Crippen LogP contribution >= 0.6 is 0 Å². The van der Waals surface area contributed by atoms with Gasteiger partial charge in [0.1, 0.15) is 0 Å². The van der Waals surface area contributed by atoms with Crippen molar-refractivity contribution in [2.24, 2.45) is 5.73 Å². The summed E-state index contributed by atoms with van der Waals surface area (Å²) in [4.78, 5) is 11.5. The largest absolute Gasteiger partial charge is 0.348 e. The second kappa shape index (κ2) is 5.82. The summed E-state index contributed by atoms with van der Waals surface area (Å²) in [7, 11) is 0. The van der Waals surface area contributed by atoms with Crippen LogP contribution in [0.4, 0.5) is 0 Å². The summed E-state index contributed by atoms with van der Waals surface area (Å²) in [6, 6.07) is 7.86. The molecule has 0 spiro atoms. The minimum atomic E-state index is -0.465. The highest BCUT2D eigenvalue weighted by Crippen LogP contribution is 2.18. The van der Waals surface area contributed by atoms with Gasteiger partial charge in [0.25, 0.3) is 0 Å². The van der Waals surface area contributed by atoms with E-state index in [0.29, 0.717) is 5.92 Å². The second-order valence-corrected chi connectivity index (χ2v) is 4.84. The lowest BCUT2D eigenvalue weighted by Gasteiger charge is -2.16. The summed E-state index contributed by atoms with van der Waals surface area (Å²) in [5.74, 6) is 0.406. The lowest BCUT2D eigenvalue weighted by Crippen LogP contribution is -2.39. The van der Waals surface area contributed by atoms with E-state index in [9.17, 15) is 4.79 Å². The van der Waals surface area contributed by atoms with E-state index in [1.54, 1.807) is 6.92 Å². The predicted molar refractivity (Wildman–Crippen MR) is 70.7 cm³/mol.